The van der Waals surface area contributed by atoms with Gasteiger partial charge in [-0.1, -0.05) is 6.92 Å². The highest BCUT2D eigenvalue weighted by atomic mass is 32.2. The van der Waals surface area contributed by atoms with Gasteiger partial charge in [-0.25, -0.2) is 0 Å². The van der Waals surface area contributed by atoms with E-state index in [0.717, 1.165) is 0 Å². The number of likely N-dealkylation sites (N-methyl/N-ethyl adjacent to an activating group) is 1. The zero-order valence-corrected chi connectivity index (χ0v) is 13.5. The molecule has 4 amide bonds. The van der Waals surface area contributed by atoms with Gasteiger partial charge in [0.05, 0.1) is 13.1 Å². The van der Waals surface area contributed by atoms with Crippen molar-refractivity contribution in [2.45, 2.75) is 19.4 Å². The normalized spacial score (nSPS) is 12.0. The van der Waals surface area contributed by atoms with E-state index in [1.165, 1.54) is 14.0 Å². The molecule has 0 heterocycles. The molecule has 0 bridgehead atoms. The van der Waals surface area contributed by atoms with Crippen LogP contribution in [0.1, 0.15) is 13.3 Å². The molecule has 132 valence electrons. The fraction of sp³-hybridized carbons (Fsp3) is 0.636. The quantitative estimate of drug-likeness (QED) is 0.271. The summed E-state index contributed by atoms with van der Waals surface area (Å²) >= 11 is 0. The molecule has 0 aliphatic heterocycles. The number of nitrogens with one attached hydrogen (secondary N) is 4. The minimum absolute atomic E-state index is 0.00186. The summed E-state index contributed by atoms with van der Waals surface area (Å²) in [7, 11) is -3.13. The molecule has 12 heteroatoms. The van der Waals surface area contributed by atoms with Crippen LogP contribution < -0.4 is 21.3 Å². The summed E-state index contributed by atoms with van der Waals surface area (Å²) in [6.45, 7) is 0.677. The summed E-state index contributed by atoms with van der Waals surface area (Å²) < 4.78 is 30.5. The predicted octanol–water partition coefficient (Wildman–Crippen LogP) is -3.25. The summed E-state index contributed by atoms with van der Waals surface area (Å²) in [4.78, 5) is 45.4. The second-order valence-electron chi connectivity index (χ2n) is 4.39. The Bertz CT molecular complexity index is 561. The summed E-state index contributed by atoms with van der Waals surface area (Å²) in [5.74, 6) is -3.71. The smallest absolute Gasteiger partial charge is 0.267 e. The first-order valence-corrected chi connectivity index (χ1v) is 8.19. The van der Waals surface area contributed by atoms with Crippen molar-refractivity contribution in [3.63, 3.8) is 0 Å². The standard InChI is InChI=1S/C11H20N4O7S/c1-3-8(16)15-7(6-23(20,21)22)11(19)14-5-10(18)13-4-9(17)12-2/h7H,3-6H2,1-2H3,(H,12,17)(H,13,18)(H,14,19)(H,15,16)(H,20,21,22). The van der Waals surface area contributed by atoms with Crippen LogP contribution in [0.5, 0.6) is 0 Å². The molecular formula is C11H20N4O7S. The van der Waals surface area contributed by atoms with E-state index in [-0.39, 0.29) is 13.0 Å². The van der Waals surface area contributed by atoms with E-state index >= 15 is 0 Å². The van der Waals surface area contributed by atoms with Gasteiger partial charge in [-0.05, 0) is 0 Å². The molecule has 0 fully saturated rings. The van der Waals surface area contributed by atoms with Crippen LogP contribution in [0.2, 0.25) is 0 Å². The van der Waals surface area contributed by atoms with Crippen molar-refractivity contribution in [1.82, 2.24) is 21.3 Å². The van der Waals surface area contributed by atoms with E-state index in [2.05, 4.69) is 21.3 Å². The van der Waals surface area contributed by atoms with Crippen LogP contribution in [-0.4, -0.2) is 68.5 Å². The maximum atomic E-state index is 11.8. The largest absolute Gasteiger partial charge is 0.358 e. The highest BCUT2D eigenvalue weighted by molar-refractivity contribution is 7.85. The second kappa shape index (κ2) is 9.74. The first-order chi connectivity index (χ1) is 10.6. The van der Waals surface area contributed by atoms with E-state index in [9.17, 15) is 27.6 Å². The molecule has 23 heavy (non-hydrogen) atoms. The van der Waals surface area contributed by atoms with Crippen LogP contribution in [0.4, 0.5) is 0 Å². The van der Waals surface area contributed by atoms with Crippen molar-refractivity contribution >= 4 is 33.7 Å². The Kier molecular flexibility index (Phi) is 8.80. The second-order valence-corrected chi connectivity index (χ2v) is 5.89. The molecule has 5 N–H and O–H groups in total. The van der Waals surface area contributed by atoms with E-state index < -0.39 is 52.1 Å². The Labute approximate surface area is 133 Å². The molecule has 1 unspecified atom stereocenters. The minimum Gasteiger partial charge on any atom is -0.358 e. The molecular weight excluding hydrogens is 332 g/mol. The highest BCUT2D eigenvalue weighted by Crippen LogP contribution is 1.93. The lowest BCUT2D eigenvalue weighted by Gasteiger charge is -2.16. The molecule has 11 nitrogen and oxygen atoms in total. The van der Waals surface area contributed by atoms with Crippen molar-refractivity contribution in [3.05, 3.63) is 0 Å². The molecule has 0 rings (SSSR count). The van der Waals surface area contributed by atoms with Crippen molar-refractivity contribution < 1.29 is 32.1 Å². The highest BCUT2D eigenvalue weighted by Gasteiger charge is 2.26. The summed E-state index contributed by atoms with van der Waals surface area (Å²) in [6.07, 6.45) is 0.00186. The van der Waals surface area contributed by atoms with E-state index in [0.29, 0.717) is 0 Å². The maximum absolute atomic E-state index is 11.8. The molecule has 0 aliphatic rings. The van der Waals surface area contributed by atoms with Crippen LogP contribution in [0.25, 0.3) is 0 Å². The third-order valence-corrected chi connectivity index (χ3v) is 3.25. The van der Waals surface area contributed by atoms with Crippen LogP contribution in [0, 0.1) is 0 Å². The fourth-order valence-corrected chi connectivity index (χ4v) is 1.97. The molecule has 0 spiro atoms. The Morgan fingerprint density at radius 1 is 1.00 bits per heavy atom. The fourth-order valence-electron chi connectivity index (χ4n) is 1.31. The lowest BCUT2D eigenvalue weighted by atomic mass is 10.3. The van der Waals surface area contributed by atoms with Crippen molar-refractivity contribution in [3.8, 4) is 0 Å². The van der Waals surface area contributed by atoms with Gasteiger partial charge < -0.3 is 21.3 Å². The molecule has 1 atom stereocenters. The first-order valence-electron chi connectivity index (χ1n) is 6.58. The van der Waals surface area contributed by atoms with Gasteiger partial charge in [0.1, 0.15) is 11.8 Å². The van der Waals surface area contributed by atoms with Crippen molar-refractivity contribution in [2.75, 3.05) is 25.9 Å². The summed E-state index contributed by atoms with van der Waals surface area (Å²) in [5.41, 5.74) is 0. The van der Waals surface area contributed by atoms with Gasteiger partial charge in [-0.15, -0.1) is 0 Å². The molecule has 0 aromatic heterocycles. The molecule has 0 aromatic rings. The minimum atomic E-state index is -4.51. The lowest BCUT2D eigenvalue weighted by Crippen LogP contribution is -2.52. The van der Waals surface area contributed by atoms with E-state index in [1.807, 2.05) is 0 Å². The van der Waals surface area contributed by atoms with Gasteiger partial charge in [0, 0.05) is 13.5 Å². The van der Waals surface area contributed by atoms with Gasteiger partial charge in [0.25, 0.3) is 10.1 Å². The third kappa shape index (κ3) is 10.2. The zero-order valence-electron chi connectivity index (χ0n) is 12.7. The van der Waals surface area contributed by atoms with Gasteiger partial charge >= 0.3 is 0 Å². The Morgan fingerprint density at radius 3 is 2.04 bits per heavy atom. The molecule has 0 aromatic carbocycles. The average molecular weight is 352 g/mol. The van der Waals surface area contributed by atoms with Crippen LogP contribution in [0.15, 0.2) is 0 Å². The Hall–Kier alpha value is -2.21. The summed E-state index contributed by atoms with van der Waals surface area (Å²) in [6, 6.07) is -1.54. The van der Waals surface area contributed by atoms with E-state index in [1.54, 1.807) is 0 Å². The van der Waals surface area contributed by atoms with Crippen molar-refractivity contribution in [1.29, 1.82) is 0 Å². The van der Waals surface area contributed by atoms with Gasteiger partial charge in [0.15, 0.2) is 0 Å². The molecule has 0 radical (unpaired) electrons. The first kappa shape index (κ1) is 20.8. The van der Waals surface area contributed by atoms with E-state index in [4.69, 9.17) is 4.55 Å². The maximum Gasteiger partial charge on any atom is 0.267 e. The number of amides is 4. The lowest BCUT2D eigenvalue weighted by molar-refractivity contribution is -0.130. The molecule has 0 aliphatic carbocycles. The zero-order chi connectivity index (χ0) is 18.0. The predicted molar refractivity (Wildman–Crippen MR) is 78.7 cm³/mol. The monoisotopic (exact) mass is 352 g/mol. The SMILES string of the molecule is CCC(=O)NC(CS(=O)(=O)O)C(=O)NCC(=O)NCC(=O)NC. The van der Waals surface area contributed by atoms with Gasteiger partial charge in [0.2, 0.25) is 23.6 Å². The van der Waals surface area contributed by atoms with Crippen LogP contribution in [-0.2, 0) is 29.3 Å². The number of carbonyl (C=O) groups excluding carboxylic acids is 4. The number of carbonyl (C=O) groups is 4. The topological polar surface area (TPSA) is 171 Å². The number of hydrogen-bond donors (Lipinski definition) is 5. The average Bonchev–Trinajstić information content (AvgIpc) is 2.47. The van der Waals surface area contributed by atoms with Crippen LogP contribution in [0.3, 0.4) is 0 Å². The van der Waals surface area contributed by atoms with Gasteiger partial charge in [-0.2, -0.15) is 8.42 Å². The Morgan fingerprint density at radius 2 is 1.57 bits per heavy atom. The molecule has 0 saturated carbocycles. The van der Waals surface area contributed by atoms with Crippen LogP contribution >= 0.6 is 0 Å². The summed E-state index contributed by atoms with van der Waals surface area (Å²) in [5, 5.41) is 8.70. The third-order valence-electron chi connectivity index (χ3n) is 2.50. The Balaban J connectivity index is 4.56. The molecule has 0 saturated heterocycles. The number of hydrogen-bond acceptors (Lipinski definition) is 6. The van der Waals surface area contributed by atoms with Crippen molar-refractivity contribution in [2.24, 2.45) is 0 Å². The number of rotatable bonds is 9. The van der Waals surface area contributed by atoms with Gasteiger partial charge in [-0.3, -0.25) is 23.7 Å².